The number of nitrogens with zero attached hydrogens (tertiary/aromatic N) is 2. The lowest BCUT2D eigenvalue weighted by atomic mass is 10.1. The zero-order valence-corrected chi connectivity index (χ0v) is 19.3. The Balaban J connectivity index is 1.90. The van der Waals surface area contributed by atoms with E-state index < -0.39 is 5.97 Å². The number of ether oxygens (including phenoxy) is 2. The van der Waals surface area contributed by atoms with Crippen molar-refractivity contribution < 1.29 is 19.4 Å². The summed E-state index contributed by atoms with van der Waals surface area (Å²) in [7, 11) is 3.27. The summed E-state index contributed by atoms with van der Waals surface area (Å²) in [6.07, 6.45) is 4.23. The average Bonchev–Trinajstić information content (AvgIpc) is 3.43. The van der Waals surface area contributed by atoms with Gasteiger partial charge in [-0.1, -0.05) is 6.08 Å². The van der Waals surface area contributed by atoms with Crippen LogP contribution in [0.1, 0.15) is 5.56 Å². The van der Waals surface area contributed by atoms with Gasteiger partial charge in [0.25, 0.3) is 0 Å². The molecular formula is C26H24N2O4S. The van der Waals surface area contributed by atoms with E-state index in [4.69, 9.17) is 14.5 Å². The van der Waals surface area contributed by atoms with Crippen LogP contribution in [-0.4, -0.2) is 34.8 Å². The van der Waals surface area contributed by atoms with E-state index in [2.05, 4.69) is 6.58 Å². The molecule has 168 valence electrons. The van der Waals surface area contributed by atoms with Crippen LogP contribution in [0.4, 0.5) is 0 Å². The highest BCUT2D eigenvalue weighted by atomic mass is 32.1. The maximum absolute atomic E-state index is 11.5. The molecule has 7 heteroatoms. The number of carbonyl (C=O) groups is 1. The molecule has 0 aliphatic carbocycles. The number of hydrogen-bond donors (Lipinski definition) is 1. The van der Waals surface area contributed by atoms with Crippen LogP contribution < -0.4 is 9.47 Å². The number of rotatable bonds is 9. The topological polar surface area (TPSA) is 73.6 Å². The van der Waals surface area contributed by atoms with Gasteiger partial charge < -0.3 is 19.1 Å². The predicted octanol–water partition coefficient (Wildman–Crippen LogP) is 5.78. The molecule has 0 atom stereocenters. The average molecular weight is 461 g/mol. The fourth-order valence-corrected chi connectivity index (χ4v) is 4.87. The van der Waals surface area contributed by atoms with Crippen LogP contribution in [0.2, 0.25) is 0 Å². The lowest BCUT2D eigenvalue weighted by Gasteiger charge is -2.06. The van der Waals surface area contributed by atoms with Gasteiger partial charge in [0.2, 0.25) is 0 Å². The number of benzene rings is 2. The first-order chi connectivity index (χ1) is 16.0. The van der Waals surface area contributed by atoms with Gasteiger partial charge in [-0.15, -0.1) is 17.9 Å². The van der Waals surface area contributed by atoms with Crippen molar-refractivity contribution in [1.82, 2.24) is 9.55 Å². The van der Waals surface area contributed by atoms with E-state index in [9.17, 15) is 9.90 Å². The number of carboxylic acids is 1. The number of aromatic nitrogens is 2. The maximum Gasteiger partial charge on any atom is 0.323 e. The van der Waals surface area contributed by atoms with Gasteiger partial charge in [0.15, 0.2) is 0 Å². The Kier molecular flexibility index (Phi) is 6.60. The normalized spacial score (nSPS) is 10.7. The summed E-state index contributed by atoms with van der Waals surface area (Å²) < 4.78 is 12.3. The molecule has 0 amide bonds. The smallest absolute Gasteiger partial charge is 0.323 e. The van der Waals surface area contributed by atoms with Crippen LogP contribution in [0, 0.1) is 0 Å². The largest absolute Gasteiger partial charge is 0.497 e. The Bertz CT molecular complexity index is 1210. The van der Waals surface area contributed by atoms with Crippen molar-refractivity contribution in [2.24, 2.45) is 0 Å². The molecule has 0 aliphatic heterocycles. The predicted molar refractivity (Wildman–Crippen MR) is 131 cm³/mol. The first-order valence-electron chi connectivity index (χ1n) is 10.3. The quantitative estimate of drug-likeness (QED) is 0.321. The van der Waals surface area contributed by atoms with Gasteiger partial charge in [0.1, 0.15) is 23.1 Å². The third-order valence-corrected chi connectivity index (χ3v) is 6.37. The van der Waals surface area contributed by atoms with Crippen molar-refractivity contribution in [2.45, 2.75) is 13.0 Å². The van der Waals surface area contributed by atoms with E-state index in [1.807, 2.05) is 60.7 Å². The minimum Gasteiger partial charge on any atom is -0.497 e. The molecule has 0 fully saturated rings. The van der Waals surface area contributed by atoms with Gasteiger partial charge in [-0.25, -0.2) is 4.98 Å². The second-order valence-electron chi connectivity index (χ2n) is 7.36. The molecule has 0 unspecified atom stereocenters. The van der Waals surface area contributed by atoms with Crippen LogP contribution in [0.5, 0.6) is 11.5 Å². The Labute approximate surface area is 196 Å². The fourth-order valence-electron chi connectivity index (χ4n) is 3.68. The highest BCUT2D eigenvalue weighted by Crippen LogP contribution is 2.42. The minimum atomic E-state index is -0.903. The third-order valence-electron chi connectivity index (χ3n) is 5.26. The van der Waals surface area contributed by atoms with Crippen molar-refractivity contribution in [3.05, 3.63) is 79.0 Å². The van der Waals surface area contributed by atoms with Gasteiger partial charge in [-0.05, 0) is 72.1 Å². The number of carboxylic acid groups (broad SMARTS) is 1. The van der Waals surface area contributed by atoms with Gasteiger partial charge >= 0.3 is 5.97 Å². The number of thiazole rings is 1. The first kappa shape index (κ1) is 22.4. The van der Waals surface area contributed by atoms with Crippen LogP contribution in [0.3, 0.4) is 0 Å². The van der Waals surface area contributed by atoms with E-state index >= 15 is 0 Å². The SMILES string of the molecule is C=CCc1ccn(CC(=O)O)c1-c1nc(-c2ccc(OC)cc2)c(-c2ccc(OC)cc2)s1. The van der Waals surface area contributed by atoms with Crippen molar-refractivity contribution in [3.8, 4) is 43.9 Å². The Morgan fingerprint density at radius 2 is 1.64 bits per heavy atom. The summed E-state index contributed by atoms with van der Waals surface area (Å²) in [4.78, 5) is 17.5. The molecule has 33 heavy (non-hydrogen) atoms. The second-order valence-corrected chi connectivity index (χ2v) is 8.36. The molecular weight excluding hydrogens is 436 g/mol. The summed E-state index contributed by atoms with van der Waals surface area (Å²) in [5, 5.41) is 10.2. The van der Waals surface area contributed by atoms with Crippen molar-refractivity contribution in [2.75, 3.05) is 14.2 Å². The second kappa shape index (κ2) is 9.75. The molecule has 0 spiro atoms. The molecule has 4 rings (SSSR count). The molecule has 0 bridgehead atoms. The van der Waals surface area contributed by atoms with Crippen LogP contribution in [0.15, 0.2) is 73.4 Å². The van der Waals surface area contributed by atoms with Gasteiger partial charge in [0.05, 0.1) is 30.5 Å². The fraction of sp³-hybridized carbons (Fsp3) is 0.154. The summed E-state index contributed by atoms with van der Waals surface area (Å²) in [5.41, 5.74) is 4.58. The summed E-state index contributed by atoms with van der Waals surface area (Å²) in [5.74, 6) is 0.640. The van der Waals surface area contributed by atoms with Crippen LogP contribution >= 0.6 is 11.3 Å². The van der Waals surface area contributed by atoms with Crippen molar-refractivity contribution >= 4 is 17.3 Å². The van der Waals surface area contributed by atoms with E-state index in [0.29, 0.717) is 6.42 Å². The molecule has 0 saturated heterocycles. The lowest BCUT2D eigenvalue weighted by molar-refractivity contribution is -0.137. The zero-order chi connectivity index (χ0) is 23.4. The van der Waals surface area contributed by atoms with Crippen LogP contribution in [0.25, 0.3) is 32.4 Å². The summed E-state index contributed by atoms with van der Waals surface area (Å²) in [6.45, 7) is 3.71. The molecule has 0 aliphatic rings. The molecule has 2 aromatic heterocycles. The number of aliphatic carboxylic acids is 1. The highest BCUT2D eigenvalue weighted by Gasteiger charge is 2.21. The molecule has 2 aromatic carbocycles. The van der Waals surface area contributed by atoms with Gasteiger partial charge in [0, 0.05) is 11.8 Å². The van der Waals surface area contributed by atoms with E-state index in [1.165, 1.54) is 11.3 Å². The Morgan fingerprint density at radius 1 is 1.03 bits per heavy atom. The van der Waals surface area contributed by atoms with Crippen molar-refractivity contribution in [1.29, 1.82) is 0 Å². The molecule has 2 heterocycles. The molecule has 0 saturated carbocycles. The van der Waals surface area contributed by atoms with Crippen LogP contribution in [-0.2, 0) is 17.8 Å². The lowest BCUT2D eigenvalue weighted by Crippen LogP contribution is -2.09. The summed E-state index contributed by atoms with van der Waals surface area (Å²) in [6, 6.07) is 17.5. The zero-order valence-electron chi connectivity index (χ0n) is 18.4. The standard InChI is InChI=1S/C26H24N2O4S/c1-4-5-18-14-15-28(16-22(29)30)24(18)26-27-23(17-6-10-20(31-2)11-7-17)25(33-26)19-8-12-21(32-3)13-9-19/h4,6-15H,1,5,16H2,2-3H3,(H,29,30). The van der Waals surface area contributed by atoms with Gasteiger partial charge in [-0.2, -0.15) is 0 Å². The molecule has 1 N–H and O–H groups in total. The summed E-state index contributed by atoms with van der Waals surface area (Å²) >= 11 is 1.54. The Hall–Kier alpha value is -3.84. The van der Waals surface area contributed by atoms with E-state index in [0.717, 1.165) is 49.5 Å². The van der Waals surface area contributed by atoms with Gasteiger partial charge in [-0.3, -0.25) is 4.79 Å². The van der Waals surface area contributed by atoms with E-state index in [1.54, 1.807) is 25.0 Å². The molecule has 0 radical (unpaired) electrons. The van der Waals surface area contributed by atoms with E-state index in [-0.39, 0.29) is 6.54 Å². The maximum atomic E-state index is 11.5. The number of allylic oxidation sites excluding steroid dienone is 1. The third kappa shape index (κ3) is 4.68. The molecule has 6 nitrogen and oxygen atoms in total. The Morgan fingerprint density at radius 3 is 2.18 bits per heavy atom. The number of hydrogen-bond acceptors (Lipinski definition) is 5. The first-order valence-corrected chi connectivity index (χ1v) is 11.2. The molecule has 4 aromatic rings. The highest BCUT2D eigenvalue weighted by molar-refractivity contribution is 7.19. The number of methoxy groups -OCH3 is 2. The minimum absolute atomic E-state index is 0.137. The van der Waals surface area contributed by atoms with Crippen molar-refractivity contribution in [3.63, 3.8) is 0 Å². The monoisotopic (exact) mass is 460 g/mol.